The molecule has 0 bridgehead atoms. The van der Waals surface area contributed by atoms with Crippen molar-refractivity contribution in [2.75, 3.05) is 18.4 Å². The summed E-state index contributed by atoms with van der Waals surface area (Å²) in [7, 11) is -3.72. The summed E-state index contributed by atoms with van der Waals surface area (Å²) in [5.74, 6) is -0.285. The van der Waals surface area contributed by atoms with Crippen molar-refractivity contribution < 1.29 is 18.0 Å². The number of nitrogens with zero attached hydrogens (tertiary/aromatic N) is 1. The molecule has 8 heteroatoms. The molecule has 1 aliphatic rings. The first kappa shape index (κ1) is 21.0. The number of nitrogens with one attached hydrogen (secondary N) is 1. The Hall–Kier alpha value is -2.71. The van der Waals surface area contributed by atoms with Crippen molar-refractivity contribution in [3.8, 4) is 0 Å². The number of piperidine rings is 1. The normalized spacial score (nSPS) is 17.0. The lowest BCUT2D eigenvalue weighted by Gasteiger charge is -2.32. The van der Waals surface area contributed by atoms with E-state index in [0.717, 1.165) is 24.1 Å². The van der Waals surface area contributed by atoms with Gasteiger partial charge in [0.2, 0.25) is 21.8 Å². The van der Waals surface area contributed by atoms with E-state index < -0.39 is 10.0 Å². The van der Waals surface area contributed by atoms with Gasteiger partial charge in [0.25, 0.3) is 0 Å². The van der Waals surface area contributed by atoms with Crippen molar-refractivity contribution >= 4 is 27.5 Å². The van der Waals surface area contributed by atoms with Crippen LogP contribution in [0.1, 0.15) is 24.8 Å². The minimum Gasteiger partial charge on any atom is -0.342 e. The molecule has 1 unspecified atom stereocenters. The number of aryl methyl sites for hydroxylation is 1. The fourth-order valence-electron chi connectivity index (χ4n) is 3.44. The maximum Gasteiger partial charge on any atom is 0.238 e. The molecule has 0 spiro atoms. The summed E-state index contributed by atoms with van der Waals surface area (Å²) in [5.41, 5.74) is 1.62. The quantitative estimate of drug-likeness (QED) is 0.753. The second-order valence-corrected chi connectivity index (χ2v) is 8.78. The molecule has 1 aliphatic heterocycles. The van der Waals surface area contributed by atoms with Crippen molar-refractivity contribution in [3.63, 3.8) is 0 Å². The van der Waals surface area contributed by atoms with Gasteiger partial charge in [-0.25, -0.2) is 13.6 Å². The van der Waals surface area contributed by atoms with Crippen LogP contribution in [-0.4, -0.2) is 38.2 Å². The van der Waals surface area contributed by atoms with E-state index in [4.69, 9.17) is 5.14 Å². The van der Waals surface area contributed by atoms with Crippen LogP contribution in [-0.2, 0) is 26.0 Å². The van der Waals surface area contributed by atoms with Crippen molar-refractivity contribution in [2.24, 2.45) is 11.1 Å². The van der Waals surface area contributed by atoms with Crippen LogP contribution in [0.2, 0.25) is 0 Å². The van der Waals surface area contributed by atoms with Crippen LogP contribution in [0.5, 0.6) is 0 Å². The van der Waals surface area contributed by atoms with Gasteiger partial charge < -0.3 is 10.2 Å². The highest BCUT2D eigenvalue weighted by atomic mass is 32.2. The minimum absolute atomic E-state index is 0.00210. The maximum absolute atomic E-state index is 12.6. The number of carbonyl (C=O) groups is 2. The monoisotopic (exact) mass is 415 g/mol. The van der Waals surface area contributed by atoms with Crippen molar-refractivity contribution in [1.82, 2.24) is 4.90 Å². The van der Waals surface area contributed by atoms with Gasteiger partial charge in [-0.2, -0.15) is 0 Å². The van der Waals surface area contributed by atoms with E-state index in [1.165, 1.54) is 12.1 Å². The van der Waals surface area contributed by atoms with Gasteiger partial charge in [0.15, 0.2) is 0 Å². The predicted octanol–water partition coefficient (Wildman–Crippen LogP) is 2.14. The summed E-state index contributed by atoms with van der Waals surface area (Å²) in [5, 5.41) is 8.00. The highest BCUT2D eigenvalue weighted by Crippen LogP contribution is 2.20. The van der Waals surface area contributed by atoms with Crippen LogP contribution >= 0.6 is 0 Å². The van der Waals surface area contributed by atoms with E-state index in [9.17, 15) is 18.0 Å². The third-order valence-electron chi connectivity index (χ3n) is 5.07. The Morgan fingerprint density at radius 2 is 1.76 bits per heavy atom. The van der Waals surface area contributed by atoms with Crippen molar-refractivity contribution in [2.45, 2.75) is 30.6 Å². The second-order valence-electron chi connectivity index (χ2n) is 7.22. The summed E-state index contributed by atoms with van der Waals surface area (Å²) in [6.07, 6.45) is 2.36. The van der Waals surface area contributed by atoms with Crippen LogP contribution in [0.25, 0.3) is 0 Å². The molecule has 0 aliphatic carbocycles. The highest BCUT2D eigenvalue weighted by molar-refractivity contribution is 7.89. The van der Waals surface area contributed by atoms with Crippen LogP contribution in [0.15, 0.2) is 59.5 Å². The van der Waals surface area contributed by atoms with Gasteiger partial charge in [-0.15, -0.1) is 0 Å². The van der Waals surface area contributed by atoms with E-state index >= 15 is 0 Å². The summed E-state index contributed by atoms with van der Waals surface area (Å²) < 4.78 is 22.6. The van der Waals surface area contributed by atoms with Crippen LogP contribution in [0.4, 0.5) is 5.69 Å². The third kappa shape index (κ3) is 5.88. The number of rotatable bonds is 6. The molecule has 7 nitrogen and oxygen atoms in total. The van der Waals surface area contributed by atoms with Crippen LogP contribution in [0, 0.1) is 5.92 Å². The molecule has 2 amide bonds. The lowest BCUT2D eigenvalue weighted by molar-refractivity contribution is -0.134. The number of nitrogens with two attached hydrogens (primary N) is 1. The lowest BCUT2D eigenvalue weighted by Crippen LogP contribution is -2.43. The first-order valence-electron chi connectivity index (χ1n) is 9.58. The topological polar surface area (TPSA) is 110 Å². The summed E-state index contributed by atoms with van der Waals surface area (Å²) in [4.78, 5) is 26.9. The zero-order valence-corrected chi connectivity index (χ0v) is 16.9. The number of hydrogen-bond donors (Lipinski definition) is 2. The zero-order chi connectivity index (χ0) is 20.9. The first-order valence-corrected chi connectivity index (χ1v) is 11.1. The van der Waals surface area contributed by atoms with E-state index in [-0.39, 0.29) is 22.6 Å². The third-order valence-corrected chi connectivity index (χ3v) is 5.99. The average molecular weight is 416 g/mol. The Balaban J connectivity index is 1.52. The fourth-order valence-corrected chi connectivity index (χ4v) is 3.95. The number of anilines is 1. The Bertz CT molecular complexity index is 959. The number of likely N-dealkylation sites (tertiary alicyclic amines) is 1. The van der Waals surface area contributed by atoms with Gasteiger partial charge in [0.1, 0.15) is 0 Å². The number of para-hydroxylation sites is 1. The van der Waals surface area contributed by atoms with Crippen molar-refractivity contribution in [1.29, 1.82) is 0 Å². The first-order chi connectivity index (χ1) is 13.8. The van der Waals surface area contributed by atoms with Gasteiger partial charge >= 0.3 is 0 Å². The standard InChI is InChI=1S/C21H25N3O4S/c22-29(27,28)19-11-8-16(9-12-19)10-13-20(25)24-14-4-5-17(15-24)21(26)23-18-6-2-1-3-7-18/h1-3,6-9,11-12,17H,4-5,10,13-15H2,(H,23,26)(H2,22,27,28). The molecule has 2 aromatic rings. The molecule has 1 atom stereocenters. The van der Waals surface area contributed by atoms with Gasteiger partial charge in [-0.05, 0) is 49.1 Å². The maximum atomic E-state index is 12.6. The Morgan fingerprint density at radius 3 is 2.41 bits per heavy atom. The predicted molar refractivity (Wildman–Crippen MR) is 111 cm³/mol. The molecule has 3 rings (SSSR count). The Morgan fingerprint density at radius 1 is 1.07 bits per heavy atom. The number of carbonyl (C=O) groups excluding carboxylic acids is 2. The average Bonchev–Trinajstić information content (AvgIpc) is 2.72. The molecule has 3 N–H and O–H groups in total. The van der Waals surface area contributed by atoms with E-state index in [2.05, 4.69) is 5.32 Å². The lowest BCUT2D eigenvalue weighted by atomic mass is 9.96. The molecule has 2 aromatic carbocycles. The van der Waals surface area contributed by atoms with Gasteiger partial charge in [-0.1, -0.05) is 30.3 Å². The highest BCUT2D eigenvalue weighted by Gasteiger charge is 2.28. The number of benzene rings is 2. The number of sulfonamides is 1. The summed E-state index contributed by atoms with van der Waals surface area (Å²) in [6, 6.07) is 15.5. The Kier molecular flexibility index (Phi) is 6.66. The number of hydrogen-bond acceptors (Lipinski definition) is 4. The zero-order valence-electron chi connectivity index (χ0n) is 16.1. The van der Waals surface area contributed by atoms with Crippen LogP contribution in [0.3, 0.4) is 0 Å². The molecular weight excluding hydrogens is 390 g/mol. The van der Waals surface area contributed by atoms with E-state index in [1.807, 2.05) is 30.3 Å². The number of amides is 2. The Labute approximate surface area is 171 Å². The largest absolute Gasteiger partial charge is 0.342 e. The molecular formula is C21H25N3O4S. The smallest absolute Gasteiger partial charge is 0.238 e. The van der Waals surface area contributed by atoms with E-state index in [1.54, 1.807) is 17.0 Å². The molecule has 1 heterocycles. The molecule has 0 aromatic heterocycles. The molecule has 154 valence electrons. The second kappa shape index (κ2) is 9.19. The summed E-state index contributed by atoms with van der Waals surface area (Å²) >= 11 is 0. The molecule has 1 saturated heterocycles. The van der Waals surface area contributed by atoms with Gasteiger partial charge in [-0.3, -0.25) is 9.59 Å². The minimum atomic E-state index is -3.72. The fraction of sp³-hybridized carbons (Fsp3) is 0.333. The molecule has 0 radical (unpaired) electrons. The number of primary sulfonamides is 1. The molecule has 29 heavy (non-hydrogen) atoms. The van der Waals surface area contributed by atoms with Crippen LogP contribution < -0.4 is 10.5 Å². The van der Waals surface area contributed by atoms with Gasteiger partial charge in [0.05, 0.1) is 10.8 Å². The van der Waals surface area contributed by atoms with Crippen molar-refractivity contribution in [3.05, 3.63) is 60.2 Å². The SMILES string of the molecule is NS(=O)(=O)c1ccc(CCC(=O)N2CCCC(C(=O)Nc3ccccc3)C2)cc1. The van der Waals surface area contributed by atoms with E-state index in [0.29, 0.717) is 25.9 Å². The molecule has 1 fully saturated rings. The van der Waals surface area contributed by atoms with Gasteiger partial charge in [0, 0.05) is 25.2 Å². The molecule has 0 saturated carbocycles. The summed E-state index contributed by atoms with van der Waals surface area (Å²) in [6.45, 7) is 1.07.